The molecular weight excluding hydrogens is 352 g/mol. The Kier molecular flexibility index (Phi) is 5.60. The van der Waals surface area contributed by atoms with Gasteiger partial charge in [-0.3, -0.25) is 4.79 Å². The smallest absolute Gasteiger partial charge is 0.310 e. The van der Waals surface area contributed by atoms with Crippen LogP contribution in [0.2, 0.25) is 0 Å². The topological polar surface area (TPSA) is 66.8 Å². The molecular formula is C24H32O4. The number of hydrogen-bond acceptors (Lipinski definition) is 4. The zero-order valence-corrected chi connectivity index (χ0v) is 17.5. The normalized spacial score (nSPS) is 27.5. The summed E-state index contributed by atoms with van der Waals surface area (Å²) in [5, 5.41) is 21.0. The van der Waals surface area contributed by atoms with Crippen molar-refractivity contribution >= 4 is 5.97 Å². The Morgan fingerprint density at radius 3 is 2.57 bits per heavy atom. The molecule has 2 aliphatic rings. The van der Waals surface area contributed by atoms with Crippen molar-refractivity contribution < 1.29 is 19.7 Å². The van der Waals surface area contributed by atoms with Crippen LogP contribution in [-0.4, -0.2) is 23.3 Å². The van der Waals surface area contributed by atoms with E-state index in [9.17, 15) is 15.0 Å². The highest BCUT2D eigenvalue weighted by Gasteiger charge is 2.45. The highest BCUT2D eigenvalue weighted by molar-refractivity contribution is 5.73. The van der Waals surface area contributed by atoms with Gasteiger partial charge in [0.05, 0.1) is 13.5 Å². The van der Waals surface area contributed by atoms with E-state index in [2.05, 4.69) is 32.1 Å². The van der Waals surface area contributed by atoms with Crippen molar-refractivity contribution in [3.8, 4) is 11.5 Å². The number of phenols is 2. The molecule has 1 fully saturated rings. The SMILES string of the molecule is C=C1CCC2=C(C)[C@H](C)CC[C@]2(C)C1Cc1cc(O)c(CC(=O)OC)cc1O. The van der Waals surface area contributed by atoms with Crippen LogP contribution in [0.5, 0.6) is 11.5 Å². The van der Waals surface area contributed by atoms with Crippen LogP contribution in [0.4, 0.5) is 0 Å². The first-order chi connectivity index (χ1) is 13.2. The van der Waals surface area contributed by atoms with Crippen LogP contribution >= 0.6 is 0 Å². The lowest BCUT2D eigenvalue weighted by Gasteiger charge is -2.50. The summed E-state index contributed by atoms with van der Waals surface area (Å²) in [6.45, 7) is 11.3. The number of carbonyl (C=O) groups excluding carboxylic acids is 1. The Balaban J connectivity index is 1.93. The van der Waals surface area contributed by atoms with Gasteiger partial charge in [0.15, 0.2) is 0 Å². The molecule has 152 valence electrons. The molecule has 3 atom stereocenters. The van der Waals surface area contributed by atoms with Gasteiger partial charge in [0.1, 0.15) is 11.5 Å². The van der Waals surface area contributed by atoms with Gasteiger partial charge >= 0.3 is 5.97 Å². The molecule has 0 amide bonds. The molecule has 2 aliphatic carbocycles. The van der Waals surface area contributed by atoms with Gasteiger partial charge in [0.25, 0.3) is 0 Å². The number of benzene rings is 1. The predicted molar refractivity (Wildman–Crippen MR) is 110 cm³/mol. The van der Waals surface area contributed by atoms with Gasteiger partial charge in [-0.2, -0.15) is 0 Å². The summed E-state index contributed by atoms with van der Waals surface area (Å²) in [5.41, 5.74) is 5.45. The van der Waals surface area contributed by atoms with Gasteiger partial charge in [-0.05, 0) is 74.0 Å². The summed E-state index contributed by atoms with van der Waals surface area (Å²) in [6.07, 6.45) is 4.93. The maximum absolute atomic E-state index is 11.5. The lowest BCUT2D eigenvalue weighted by atomic mass is 9.55. The van der Waals surface area contributed by atoms with E-state index in [1.54, 1.807) is 11.6 Å². The number of aromatic hydroxyl groups is 2. The van der Waals surface area contributed by atoms with E-state index in [4.69, 9.17) is 0 Å². The van der Waals surface area contributed by atoms with E-state index in [0.29, 0.717) is 23.5 Å². The fraction of sp³-hybridized carbons (Fsp3) is 0.542. The number of phenolic OH excluding ortho intramolecular Hbond substituents is 2. The summed E-state index contributed by atoms with van der Waals surface area (Å²) < 4.78 is 4.66. The summed E-state index contributed by atoms with van der Waals surface area (Å²) in [4.78, 5) is 11.5. The quantitative estimate of drug-likeness (QED) is 0.432. The first-order valence-corrected chi connectivity index (χ1v) is 10.2. The number of carbonyl (C=O) groups is 1. The Labute approximate surface area is 167 Å². The first-order valence-electron chi connectivity index (χ1n) is 10.2. The largest absolute Gasteiger partial charge is 0.508 e. The van der Waals surface area contributed by atoms with Gasteiger partial charge in [0.2, 0.25) is 0 Å². The maximum Gasteiger partial charge on any atom is 0.310 e. The van der Waals surface area contributed by atoms with E-state index in [1.165, 1.54) is 30.7 Å². The summed E-state index contributed by atoms with van der Waals surface area (Å²) in [6, 6.07) is 3.08. The van der Waals surface area contributed by atoms with Crippen LogP contribution < -0.4 is 0 Å². The Morgan fingerprint density at radius 2 is 1.89 bits per heavy atom. The number of ether oxygens (including phenoxy) is 1. The van der Waals surface area contributed by atoms with Crippen molar-refractivity contribution in [3.05, 3.63) is 46.6 Å². The second-order valence-electron chi connectivity index (χ2n) is 8.80. The summed E-state index contributed by atoms with van der Waals surface area (Å²) >= 11 is 0. The molecule has 1 saturated carbocycles. The average Bonchev–Trinajstić information content (AvgIpc) is 2.65. The summed E-state index contributed by atoms with van der Waals surface area (Å²) in [5.74, 6) is 0.553. The molecule has 0 spiro atoms. The van der Waals surface area contributed by atoms with Crippen molar-refractivity contribution in [1.29, 1.82) is 0 Å². The standard InChI is InChI=1S/C24H32O4/c1-14-8-9-24(4)19(16(14)3)7-6-15(2)20(24)10-17-11-22(26)18(12-21(17)25)13-23(27)28-5/h11-12,14,20,25-26H,2,6-10,13H2,1,3-5H3/t14-,20?,24+/m1/s1. The van der Waals surface area contributed by atoms with Crippen LogP contribution in [0.3, 0.4) is 0 Å². The molecule has 28 heavy (non-hydrogen) atoms. The van der Waals surface area contributed by atoms with Crippen molar-refractivity contribution in [2.75, 3.05) is 7.11 Å². The lowest BCUT2D eigenvalue weighted by Crippen LogP contribution is -2.39. The highest BCUT2D eigenvalue weighted by atomic mass is 16.5. The van der Waals surface area contributed by atoms with Crippen molar-refractivity contribution in [3.63, 3.8) is 0 Å². The molecule has 3 rings (SSSR count). The van der Waals surface area contributed by atoms with Crippen LogP contribution in [0.15, 0.2) is 35.4 Å². The van der Waals surface area contributed by atoms with E-state index in [1.807, 2.05) is 0 Å². The minimum Gasteiger partial charge on any atom is -0.508 e. The molecule has 1 aromatic rings. The number of rotatable bonds is 4. The van der Waals surface area contributed by atoms with E-state index in [0.717, 1.165) is 19.3 Å². The third kappa shape index (κ3) is 3.57. The average molecular weight is 385 g/mol. The fourth-order valence-electron chi connectivity index (χ4n) is 5.19. The van der Waals surface area contributed by atoms with Gasteiger partial charge in [-0.1, -0.05) is 37.1 Å². The first kappa shape index (κ1) is 20.5. The van der Waals surface area contributed by atoms with Gasteiger partial charge in [-0.15, -0.1) is 0 Å². The molecule has 4 heteroatoms. The molecule has 0 heterocycles. The third-order valence-electron chi connectivity index (χ3n) is 7.23. The third-order valence-corrected chi connectivity index (χ3v) is 7.23. The molecule has 0 saturated heterocycles. The molecule has 4 nitrogen and oxygen atoms in total. The Morgan fingerprint density at radius 1 is 1.25 bits per heavy atom. The molecule has 2 N–H and O–H groups in total. The monoisotopic (exact) mass is 384 g/mol. The number of methoxy groups -OCH3 is 1. The minimum absolute atomic E-state index is 0.0222. The maximum atomic E-state index is 11.5. The van der Waals surface area contributed by atoms with Gasteiger partial charge < -0.3 is 14.9 Å². The Bertz CT molecular complexity index is 835. The summed E-state index contributed by atoms with van der Waals surface area (Å²) in [7, 11) is 1.31. The van der Waals surface area contributed by atoms with Crippen LogP contribution in [0.25, 0.3) is 0 Å². The number of fused-ring (bicyclic) bond motifs is 1. The van der Waals surface area contributed by atoms with E-state index in [-0.39, 0.29) is 29.3 Å². The number of hydrogen-bond donors (Lipinski definition) is 2. The van der Waals surface area contributed by atoms with Crippen molar-refractivity contribution in [2.24, 2.45) is 17.3 Å². The van der Waals surface area contributed by atoms with Crippen LogP contribution in [0, 0.1) is 17.3 Å². The van der Waals surface area contributed by atoms with Gasteiger partial charge in [0, 0.05) is 5.56 Å². The zero-order chi connectivity index (χ0) is 20.6. The van der Waals surface area contributed by atoms with Crippen molar-refractivity contribution in [1.82, 2.24) is 0 Å². The molecule has 1 unspecified atom stereocenters. The second kappa shape index (κ2) is 7.65. The lowest BCUT2D eigenvalue weighted by molar-refractivity contribution is -0.139. The highest BCUT2D eigenvalue weighted by Crippen LogP contribution is 2.56. The number of esters is 1. The number of allylic oxidation sites excluding steroid dienone is 3. The Hall–Kier alpha value is -2.23. The zero-order valence-electron chi connectivity index (χ0n) is 17.5. The molecule has 0 aromatic heterocycles. The van der Waals surface area contributed by atoms with Crippen molar-refractivity contribution in [2.45, 2.75) is 59.3 Å². The van der Waals surface area contributed by atoms with E-state index >= 15 is 0 Å². The van der Waals surface area contributed by atoms with E-state index < -0.39 is 5.97 Å². The minimum atomic E-state index is -0.447. The van der Waals surface area contributed by atoms with Crippen LogP contribution in [-0.2, 0) is 22.4 Å². The molecule has 1 aromatic carbocycles. The molecule has 0 aliphatic heterocycles. The molecule has 0 radical (unpaired) electrons. The van der Waals surface area contributed by atoms with Gasteiger partial charge in [-0.25, -0.2) is 0 Å². The van der Waals surface area contributed by atoms with Crippen LogP contribution in [0.1, 0.15) is 57.6 Å². The predicted octanol–water partition coefficient (Wildman–Crippen LogP) is 5.07. The second-order valence-corrected chi connectivity index (χ2v) is 8.80. The fourth-order valence-corrected chi connectivity index (χ4v) is 5.19. The molecule has 0 bridgehead atoms.